The maximum atomic E-state index is 13.0. The number of amides is 3. The third-order valence-corrected chi connectivity index (χ3v) is 5.94. The van der Waals surface area contributed by atoms with Gasteiger partial charge in [0.25, 0.3) is 5.91 Å². The van der Waals surface area contributed by atoms with Crippen LogP contribution in [0.5, 0.6) is 0 Å². The van der Waals surface area contributed by atoms with E-state index >= 15 is 0 Å². The van der Waals surface area contributed by atoms with Crippen molar-refractivity contribution in [1.29, 1.82) is 0 Å². The number of benzene rings is 2. The van der Waals surface area contributed by atoms with E-state index in [2.05, 4.69) is 10.4 Å². The highest BCUT2D eigenvalue weighted by molar-refractivity contribution is 6.00. The lowest BCUT2D eigenvalue weighted by Crippen LogP contribution is -2.50. The molecule has 0 aliphatic carbocycles. The van der Waals surface area contributed by atoms with Gasteiger partial charge in [-0.15, -0.1) is 0 Å². The molecule has 1 aliphatic heterocycles. The van der Waals surface area contributed by atoms with Gasteiger partial charge in [-0.1, -0.05) is 60.7 Å². The van der Waals surface area contributed by atoms with Gasteiger partial charge < -0.3 is 15.1 Å². The van der Waals surface area contributed by atoms with Crippen LogP contribution < -0.4 is 5.32 Å². The van der Waals surface area contributed by atoms with Crippen molar-refractivity contribution in [2.24, 2.45) is 0 Å². The first kappa shape index (κ1) is 23.2. The van der Waals surface area contributed by atoms with Crippen LogP contribution in [-0.2, 0) is 16.1 Å². The number of aromatic nitrogens is 2. The fourth-order valence-electron chi connectivity index (χ4n) is 4.06. The molecule has 1 N–H and O–H groups in total. The molecule has 4 rings (SSSR count). The molecular weight excluding hydrogens is 430 g/mol. The van der Waals surface area contributed by atoms with Crippen molar-refractivity contribution in [3.8, 4) is 11.3 Å². The van der Waals surface area contributed by atoms with Gasteiger partial charge in [0.2, 0.25) is 11.8 Å². The van der Waals surface area contributed by atoms with Crippen molar-refractivity contribution in [2.45, 2.75) is 19.9 Å². The summed E-state index contributed by atoms with van der Waals surface area (Å²) in [6, 6.07) is 19.6. The van der Waals surface area contributed by atoms with E-state index in [1.165, 1.54) is 0 Å². The van der Waals surface area contributed by atoms with Crippen molar-refractivity contribution in [3.63, 3.8) is 0 Å². The summed E-state index contributed by atoms with van der Waals surface area (Å²) in [4.78, 5) is 40.5. The normalized spacial score (nSPS) is 13.6. The number of rotatable bonds is 7. The Morgan fingerprint density at radius 3 is 2.15 bits per heavy atom. The maximum absolute atomic E-state index is 13.0. The fourth-order valence-corrected chi connectivity index (χ4v) is 4.06. The first-order valence-corrected chi connectivity index (χ1v) is 11.5. The van der Waals surface area contributed by atoms with Gasteiger partial charge in [0, 0.05) is 57.8 Å². The lowest BCUT2D eigenvalue weighted by atomic mass is 10.1. The van der Waals surface area contributed by atoms with Crippen LogP contribution in [0.2, 0.25) is 0 Å². The third kappa shape index (κ3) is 5.70. The van der Waals surface area contributed by atoms with Crippen LogP contribution in [0.1, 0.15) is 29.3 Å². The molecule has 1 aliphatic rings. The van der Waals surface area contributed by atoms with Crippen molar-refractivity contribution < 1.29 is 14.4 Å². The van der Waals surface area contributed by atoms with Crippen LogP contribution >= 0.6 is 0 Å². The number of carbonyl (C=O) groups excluding carboxylic acids is 3. The summed E-state index contributed by atoms with van der Waals surface area (Å²) in [7, 11) is 0. The minimum atomic E-state index is -0.257. The predicted octanol–water partition coefficient (Wildman–Crippen LogP) is 2.41. The van der Waals surface area contributed by atoms with E-state index in [1.807, 2.05) is 60.7 Å². The zero-order valence-electron chi connectivity index (χ0n) is 19.3. The molecule has 0 spiro atoms. The van der Waals surface area contributed by atoms with E-state index in [0.29, 0.717) is 44.0 Å². The van der Waals surface area contributed by atoms with Crippen LogP contribution in [-0.4, -0.2) is 70.0 Å². The van der Waals surface area contributed by atoms with Crippen molar-refractivity contribution in [3.05, 3.63) is 78.0 Å². The summed E-state index contributed by atoms with van der Waals surface area (Å²) >= 11 is 0. The van der Waals surface area contributed by atoms with Gasteiger partial charge in [-0.2, -0.15) is 5.10 Å². The minimum absolute atomic E-state index is 0.0217. The molecule has 3 amide bonds. The fraction of sp³-hybridized carbons (Fsp3) is 0.308. The topological polar surface area (TPSA) is 87.5 Å². The van der Waals surface area contributed by atoms with E-state index in [9.17, 15) is 14.4 Å². The Bertz CT molecular complexity index is 1140. The average molecular weight is 460 g/mol. The molecule has 8 heteroatoms. The number of nitrogens with zero attached hydrogens (tertiary/aromatic N) is 4. The molecule has 0 atom stereocenters. The molecular formula is C26H29N5O3. The summed E-state index contributed by atoms with van der Waals surface area (Å²) in [6.45, 7) is 4.48. The van der Waals surface area contributed by atoms with Crippen LogP contribution in [0.4, 0.5) is 0 Å². The molecule has 0 saturated carbocycles. The van der Waals surface area contributed by atoms with Gasteiger partial charge >= 0.3 is 0 Å². The van der Waals surface area contributed by atoms with Crippen molar-refractivity contribution >= 4 is 17.7 Å². The summed E-state index contributed by atoms with van der Waals surface area (Å²) in [6.07, 6.45) is 1.97. The quantitative estimate of drug-likeness (QED) is 0.588. The number of piperazine rings is 1. The average Bonchev–Trinajstić information content (AvgIpc) is 3.29. The first-order valence-electron chi connectivity index (χ1n) is 11.5. The Morgan fingerprint density at radius 1 is 0.882 bits per heavy atom. The second-order valence-corrected chi connectivity index (χ2v) is 8.33. The number of hydrogen-bond acceptors (Lipinski definition) is 4. The third-order valence-electron chi connectivity index (χ3n) is 5.94. The lowest BCUT2D eigenvalue weighted by molar-refractivity contribution is -0.138. The van der Waals surface area contributed by atoms with Crippen LogP contribution in [0.3, 0.4) is 0 Å². The smallest absolute Gasteiger partial charge is 0.255 e. The van der Waals surface area contributed by atoms with E-state index in [0.717, 1.165) is 11.1 Å². The Morgan fingerprint density at radius 2 is 1.50 bits per heavy atom. The Labute approximate surface area is 199 Å². The highest BCUT2D eigenvalue weighted by Crippen LogP contribution is 2.22. The SMILES string of the molecule is CC(=O)N1CCN(C(=O)CCNC(=O)c2cn(Cc3ccccc3)nc2-c2ccccc2)CC1. The molecule has 2 aromatic carbocycles. The molecule has 1 saturated heterocycles. The highest BCUT2D eigenvalue weighted by atomic mass is 16.2. The standard InChI is InChI=1S/C26H29N5O3/c1-20(32)29-14-16-30(17-15-29)24(33)12-13-27-26(34)23-19-31(18-21-8-4-2-5-9-21)28-25(23)22-10-6-3-7-11-22/h2-11,19H,12-18H2,1H3,(H,27,34). The Kier molecular flexibility index (Phi) is 7.37. The van der Waals surface area contributed by atoms with Gasteiger partial charge in [-0.05, 0) is 5.56 Å². The van der Waals surface area contributed by atoms with Gasteiger partial charge in [-0.3, -0.25) is 19.1 Å². The zero-order valence-corrected chi connectivity index (χ0v) is 19.3. The summed E-state index contributed by atoms with van der Waals surface area (Å²) < 4.78 is 1.77. The summed E-state index contributed by atoms with van der Waals surface area (Å²) in [5.41, 5.74) is 3.04. The number of carbonyl (C=O) groups is 3. The van der Waals surface area contributed by atoms with Crippen molar-refractivity contribution in [2.75, 3.05) is 32.7 Å². The molecule has 2 heterocycles. The van der Waals surface area contributed by atoms with E-state index < -0.39 is 0 Å². The minimum Gasteiger partial charge on any atom is -0.351 e. The van der Waals surface area contributed by atoms with Gasteiger partial charge in [0.15, 0.2) is 0 Å². The predicted molar refractivity (Wildman–Crippen MR) is 129 cm³/mol. The summed E-state index contributed by atoms with van der Waals surface area (Å²) in [5, 5.41) is 7.56. The second-order valence-electron chi connectivity index (χ2n) is 8.33. The number of hydrogen-bond donors (Lipinski definition) is 1. The molecule has 8 nitrogen and oxygen atoms in total. The summed E-state index contributed by atoms with van der Waals surface area (Å²) in [5.74, 6) is -0.250. The highest BCUT2D eigenvalue weighted by Gasteiger charge is 2.23. The Hall–Kier alpha value is -3.94. The van der Waals surface area contributed by atoms with Crippen LogP contribution in [0.25, 0.3) is 11.3 Å². The largest absolute Gasteiger partial charge is 0.351 e. The molecule has 0 radical (unpaired) electrons. The maximum Gasteiger partial charge on any atom is 0.255 e. The molecule has 1 fully saturated rings. The number of nitrogens with one attached hydrogen (secondary N) is 1. The van der Waals surface area contributed by atoms with Gasteiger partial charge in [0.05, 0.1) is 12.1 Å². The van der Waals surface area contributed by atoms with Gasteiger partial charge in [0.1, 0.15) is 5.69 Å². The van der Waals surface area contributed by atoms with E-state index in [-0.39, 0.29) is 30.7 Å². The van der Waals surface area contributed by atoms with Crippen LogP contribution in [0, 0.1) is 0 Å². The molecule has 0 unspecified atom stereocenters. The molecule has 176 valence electrons. The second kappa shape index (κ2) is 10.8. The zero-order chi connectivity index (χ0) is 23.9. The first-order chi connectivity index (χ1) is 16.5. The molecule has 34 heavy (non-hydrogen) atoms. The van der Waals surface area contributed by atoms with Crippen LogP contribution in [0.15, 0.2) is 66.9 Å². The van der Waals surface area contributed by atoms with E-state index in [1.54, 1.807) is 27.6 Å². The Balaban J connectivity index is 1.39. The molecule has 3 aromatic rings. The molecule has 1 aromatic heterocycles. The van der Waals surface area contributed by atoms with Crippen molar-refractivity contribution in [1.82, 2.24) is 24.9 Å². The van der Waals surface area contributed by atoms with Gasteiger partial charge in [-0.25, -0.2) is 0 Å². The monoisotopic (exact) mass is 459 g/mol. The molecule has 0 bridgehead atoms. The van der Waals surface area contributed by atoms with E-state index in [4.69, 9.17) is 0 Å². The lowest BCUT2D eigenvalue weighted by Gasteiger charge is -2.34.